The Balaban J connectivity index is 2.07. The van der Waals surface area contributed by atoms with E-state index in [0.29, 0.717) is 0 Å². The Bertz CT molecular complexity index is 484. The molecule has 0 fully saturated rings. The molecule has 0 bridgehead atoms. The van der Waals surface area contributed by atoms with E-state index in [1.165, 1.54) is 57.8 Å². The zero-order chi connectivity index (χ0) is 16.8. The first kappa shape index (κ1) is 19.2. The SMILES string of the molecule is C#Cc1cc(C#C)cc(OCCCCCCCCCCCC)c1. The molecule has 124 valence electrons. The van der Waals surface area contributed by atoms with E-state index in [1.807, 2.05) is 18.2 Å². The molecule has 0 heterocycles. The van der Waals surface area contributed by atoms with Gasteiger partial charge in [-0.15, -0.1) is 12.8 Å². The second-order valence-corrected chi connectivity index (χ2v) is 6.07. The van der Waals surface area contributed by atoms with Gasteiger partial charge in [0.1, 0.15) is 5.75 Å². The average molecular weight is 310 g/mol. The van der Waals surface area contributed by atoms with Crippen LogP contribution in [-0.2, 0) is 0 Å². The van der Waals surface area contributed by atoms with Crippen molar-refractivity contribution < 1.29 is 4.74 Å². The smallest absolute Gasteiger partial charge is 0.121 e. The summed E-state index contributed by atoms with van der Waals surface area (Å²) in [6, 6.07) is 5.57. The van der Waals surface area contributed by atoms with Crippen molar-refractivity contribution in [3.63, 3.8) is 0 Å². The average Bonchev–Trinajstić information content (AvgIpc) is 2.59. The summed E-state index contributed by atoms with van der Waals surface area (Å²) in [5.41, 5.74) is 1.55. The number of ether oxygens (including phenoxy) is 1. The van der Waals surface area contributed by atoms with Gasteiger partial charge in [0.25, 0.3) is 0 Å². The predicted octanol–water partition coefficient (Wildman–Crippen LogP) is 5.95. The Hall–Kier alpha value is -1.86. The van der Waals surface area contributed by atoms with Crippen LogP contribution in [0.1, 0.15) is 82.3 Å². The van der Waals surface area contributed by atoms with Gasteiger partial charge >= 0.3 is 0 Å². The Morgan fingerprint density at radius 2 is 1.22 bits per heavy atom. The lowest BCUT2D eigenvalue weighted by Crippen LogP contribution is -1.98. The van der Waals surface area contributed by atoms with Crippen LogP contribution in [0.2, 0.25) is 0 Å². The van der Waals surface area contributed by atoms with Crippen molar-refractivity contribution in [1.82, 2.24) is 0 Å². The molecule has 0 aliphatic heterocycles. The van der Waals surface area contributed by atoms with Gasteiger partial charge in [0.2, 0.25) is 0 Å². The molecule has 0 aliphatic rings. The van der Waals surface area contributed by atoms with Gasteiger partial charge in [0.15, 0.2) is 0 Å². The highest BCUT2D eigenvalue weighted by atomic mass is 16.5. The number of benzene rings is 1. The van der Waals surface area contributed by atoms with Gasteiger partial charge in [-0.1, -0.05) is 76.6 Å². The topological polar surface area (TPSA) is 9.23 Å². The third-order valence-electron chi connectivity index (χ3n) is 4.01. The molecular formula is C22H30O. The van der Waals surface area contributed by atoms with Crippen LogP contribution >= 0.6 is 0 Å². The highest BCUT2D eigenvalue weighted by Crippen LogP contribution is 2.17. The first-order valence-corrected chi connectivity index (χ1v) is 9.01. The van der Waals surface area contributed by atoms with Gasteiger partial charge in [0.05, 0.1) is 6.61 Å². The maximum Gasteiger partial charge on any atom is 0.121 e. The Morgan fingerprint density at radius 3 is 1.70 bits per heavy atom. The summed E-state index contributed by atoms with van der Waals surface area (Å²) in [7, 11) is 0. The largest absolute Gasteiger partial charge is 0.494 e. The monoisotopic (exact) mass is 310 g/mol. The van der Waals surface area contributed by atoms with Gasteiger partial charge in [-0.3, -0.25) is 0 Å². The molecule has 0 radical (unpaired) electrons. The zero-order valence-electron chi connectivity index (χ0n) is 14.6. The Labute approximate surface area is 142 Å². The van der Waals surface area contributed by atoms with Gasteiger partial charge in [-0.25, -0.2) is 0 Å². The van der Waals surface area contributed by atoms with Crippen LogP contribution in [0.5, 0.6) is 5.75 Å². The summed E-state index contributed by atoms with van der Waals surface area (Å²) in [6.45, 7) is 2.99. The summed E-state index contributed by atoms with van der Waals surface area (Å²) >= 11 is 0. The van der Waals surface area contributed by atoms with Gasteiger partial charge in [0, 0.05) is 11.1 Å². The first-order valence-electron chi connectivity index (χ1n) is 9.01. The summed E-state index contributed by atoms with van der Waals surface area (Å²) < 4.78 is 5.77. The minimum absolute atomic E-state index is 0.731. The maximum atomic E-state index is 5.77. The fourth-order valence-electron chi connectivity index (χ4n) is 2.63. The molecule has 1 nitrogen and oxygen atoms in total. The van der Waals surface area contributed by atoms with E-state index in [9.17, 15) is 0 Å². The van der Waals surface area contributed by atoms with Crippen LogP contribution in [0.15, 0.2) is 18.2 Å². The van der Waals surface area contributed by atoms with Crippen molar-refractivity contribution in [2.45, 2.75) is 71.1 Å². The molecule has 1 heteroatoms. The van der Waals surface area contributed by atoms with Gasteiger partial charge in [-0.2, -0.15) is 0 Å². The Morgan fingerprint density at radius 1 is 0.739 bits per heavy atom. The number of unbranched alkanes of at least 4 members (excludes halogenated alkanes) is 9. The van der Waals surface area contributed by atoms with E-state index >= 15 is 0 Å². The molecule has 0 amide bonds. The molecule has 0 N–H and O–H groups in total. The number of terminal acetylenes is 2. The summed E-state index contributed by atoms with van der Waals surface area (Å²) in [6.07, 6.45) is 24.1. The van der Waals surface area contributed by atoms with E-state index in [0.717, 1.165) is 29.9 Å². The van der Waals surface area contributed by atoms with Gasteiger partial charge in [-0.05, 0) is 24.6 Å². The second kappa shape index (κ2) is 12.7. The summed E-state index contributed by atoms with van der Waals surface area (Å²) in [5, 5.41) is 0. The number of rotatable bonds is 12. The fourth-order valence-corrected chi connectivity index (χ4v) is 2.63. The molecule has 0 saturated carbocycles. The van der Waals surface area contributed by atoms with Gasteiger partial charge < -0.3 is 4.74 Å². The van der Waals surface area contributed by atoms with Crippen molar-refractivity contribution >= 4 is 0 Å². The first-order chi connectivity index (χ1) is 11.3. The van der Waals surface area contributed by atoms with Crippen LogP contribution in [0, 0.1) is 24.7 Å². The molecule has 0 spiro atoms. The lowest BCUT2D eigenvalue weighted by atomic mass is 10.1. The standard InChI is InChI=1S/C22H30O/c1-4-7-8-9-10-11-12-13-14-15-16-23-22-18-20(5-2)17-21(6-3)19-22/h2-3,17-19H,4,7-16H2,1H3. The van der Waals surface area contributed by atoms with Crippen molar-refractivity contribution in [3.8, 4) is 30.4 Å². The molecule has 0 aliphatic carbocycles. The zero-order valence-corrected chi connectivity index (χ0v) is 14.6. The van der Waals surface area contributed by atoms with Crippen molar-refractivity contribution in [1.29, 1.82) is 0 Å². The maximum absolute atomic E-state index is 5.77. The normalized spacial score (nSPS) is 10.0. The lowest BCUT2D eigenvalue weighted by Gasteiger charge is -2.07. The van der Waals surface area contributed by atoms with Crippen LogP contribution in [0.3, 0.4) is 0 Å². The molecule has 0 unspecified atom stereocenters. The second-order valence-electron chi connectivity index (χ2n) is 6.07. The minimum Gasteiger partial charge on any atom is -0.494 e. The molecule has 1 aromatic rings. The van der Waals surface area contributed by atoms with Crippen molar-refractivity contribution in [3.05, 3.63) is 29.3 Å². The highest BCUT2D eigenvalue weighted by molar-refractivity contribution is 5.47. The fraction of sp³-hybridized carbons (Fsp3) is 0.545. The summed E-state index contributed by atoms with van der Waals surface area (Å²) in [4.78, 5) is 0. The third-order valence-corrected chi connectivity index (χ3v) is 4.01. The highest BCUT2D eigenvalue weighted by Gasteiger charge is 1.99. The van der Waals surface area contributed by atoms with E-state index in [-0.39, 0.29) is 0 Å². The van der Waals surface area contributed by atoms with Crippen LogP contribution in [0.4, 0.5) is 0 Å². The number of hydrogen-bond donors (Lipinski definition) is 0. The van der Waals surface area contributed by atoms with E-state index in [1.54, 1.807) is 0 Å². The predicted molar refractivity (Wildman–Crippen MR) is 99.7 cm³/mol. The third kappa shape index (κ3) is 9.00. The molecule has 0 aromatic heterocycles. The number of hydrogen-bond acceptors (Lipinski definition) is 1. The van der Waals surface area contributed by atoms with Crippen LogP contribution in [-0.4, -0.2) is 6.61 Å². The quantitative estimate of drug-likeness (QED) is 0.342. The molecule has 0 atom stereocenters. The molecule has 1 rings (SSSR count). The molecule has 0 saturated heterocycles. The lowest BCUT2D eigenvalue weighted by molar-refractivity contribution is 0.304. The van der Waals surface area contributed by atoms with Crippen molar-refractivity contribution in [2.24, 2.45) is 0 Å². The minimum atomic E-state index is 0.731. The molecule has 23 heavy (non-hydrogen) atoms. The van der Waals surface area contributed by atoms with Crippen molar-refractivity contribution in [2.75, 3.05) is 6.61 Å². The van der Waals surface area contributed by atoms with Crippen LogP contribution < -0.4 is 4.74 Å². The van der Waals surface area contributed by atoms with E-state index < -0.39 is 0 Å². The molecule has 1 aromatic carbocycles. The van der Waals surface area contributed by atoms with E-state index in [4.69, 9.17) is 17.6 Å². The Kier molecular flexibility index (Phi) is 10.6. The van der Waals surface area contributed by atoms with E-state index in [2.05, 4.69) is 18.8 Å². The molecular weight excluding hydrogens is 280 g/mol. The van der Waals surface area contributed by atoms with Crippen LogP contribution in [0.25, 0.3) is 0 Å². The summed E-state index contributed by atoms with van der Waals surface area (Å²) in [5.74, 6) is 6.00.